The number of anilines is 1. The molecule has 6 nitrogen and oxygen atoms in total. The molecular formula is C15H18N4O2. The van der Waals surface area contributed by atoms with Gasteiger partial charge in [-0.3, -0.25) is 0 Å². The zero-order valence-corrected chi connectivity index (χ0v) is 12.0. The summed E-state index contributed by atoms with van der Waals surface area (Å²) in [7, 11) is 3.59. The molecule has 0 aliphatic heterocycles. The minimum atomic E-state index is 0.0955. The summed E-state index contributed by atoms with van der Waals surface area (Å²) in [4.78, 5) is 6.25. The summed E-state index contributed by atoms with van der Waals surface area (Å²) in [5, 5.41) is 11.6. The minimum absolute atomic E-state index is 0.0955. The van der Waals surface area contributed by atoms with Crippen LogP contribution in [0.25, 0.3) is 0 Å². The van der Waals surface area contributed by atoms with Gasteiger partial charge in [-0.1, -0.05) is 11.2 Å². The van der Waals surface area contributed by atoms with Gasteiger partial charge < -0.3 is 20.6 Å². The lowest BCUT2D eigenvalue weighted by atomic mass is 10.1. The van der Waals surface area contributed by atoms with Crippen LogP contribution in [0.5, 0.6) is 5.88 Å². The fourth-order valence-corrected chi connectivity index (χ4v) is 2.02. The first kappa shape index (κ1) is 14.6. The number of oxime groups is 1. The number of pyridine rings is 1. The van der Waals surface area contributed by atoms with Gasteiger partial charge in [-0.15, -0.1) is 0 Å². The summed E-state index contributed by atoms with van der Waals surface area (Å²) >= 11 is 0. The van der Waals surface area contributed by atoms with Crippen molar-refractivity contribution < 1.29 is 9.94 Å². The van der Waals surface area contributed by atoms with Crippen molar-refractivity contribution in [2.24, 2.45) is 10.9 Å². The topological polar surface area (TPSA) is 84.0 Å². The number of rotatable bonds is 5. The van der Waals surface area contributed by atoms with Gasteiger partial charge in [0.15, 0.2) is 5.84 Å². The van der Waals surface area contributed by atoms with E-state index in [1.807, 2.05) is 31.3 Å². The standard InChI is InChI=1S/C15H18N4O2/c1-19(10-12-4-3-9-17-15(12)21-2)13-7-5-11(6-8-13)14(16)18-20/h3-9,20H,10H2,1-2H3,(H2,16,18). The van der Waals surface area contributed by atoms with Crippen molar-refractivity contribution in [3.05, 3.63) is 53.7 Å². The maximum absolute atomic E-state index is 8.65. The first-order chi connectivity index (χ1) is 10.2. The van der Waals surface area contributed by atoms with E-state index in [0.29, 0.717) is 18.0 Å². The van der Waals surface area contributed by atoms with Crippen LogP contribution in [0.3, 0.4) is 0 Å². The fraction of sp³-hybridized carbons (Fsp3) is 0.200. The highest BCUT2D eigenvalue weighted by molar-refractivity contribution is 5.97. The SMILES string of the molecule is COc1ncccc1CN(C)c1ccc(/C(N)=N/O)cc1. The molecular weight excluding hydrogens is 268 g/mol. The van der Waals surface area contributed by atoms with Crippen LogP contribution in [0.2, 0.25) is 0 Å². The molecule has 0 amide bonds. The highest BCUT2D eigenvalue weighted by atomic mass is 16.5. The van der Waals surface area contributed by atoms with Gasteiger partial charge in [-0.05, 0) is 30.3 Å². The van der Waals surface area contributed by atoms with Crippen LogP contribution in [-0.2, 0) is 6.54 Å². The van der Waals surface area contributed by atoms with Crippen molar-refractivity contribution in [1.29, 1.82) is 0 Å². The Morgan fingerprint density at radius 3 is 2.67 bits per heavy atom. The summed E-state index contributed by atoms with van der Waals surface area (Å²) in [6.07, 6.45) is 1.70. The molecule has 0 aliphatic carbocycles. The molecule has 2 aromatic rings. The zero-order chi connectivity index (χ0) is 15.2. The Kier molecular flexibility index (Phi) is 4.61. The van der Waals surface area contributed by atoms with Gasteiger partial charge in [-0.25, -0.2) is 4.98 Å². The largest absolute Gasteiger partial charge is 0.481 e. The second kappa shape index (κ2) is 6.60. The molecule has 21 heavy (non-hydrogen) atoms. The average Bonchev–Trinajstić information content (AvgIpc) is 2.54. The maximum atomic E-state index is 8.65. The van der Waals surface area contributed by atoms with E-state index in [1.54, 1.807) is 25.4 Å². The lowest BCUT2D eigenvalue weighted by Gasteiger charge is -2.20. The van der Waals surface area contributed by atoms with E-state index in [2.05, 4.69) is 15.0 Å². The molecule has 0 radical (unpaired) electrons. The smallest absolute Gasteiger partial charge is 0.218 e. The molecule has 1 aromatic heterocycles. The third-order valence-electron chi connectivity index (χ3n) is 3.16. The van der Waals surface area contributed by atoms with Crippen LogP contribution in [0, 0.1) is 0 Å². The van der Waals surface area contributed by atoms with Crippen molar-refractivity contribution >= 4 is 11.5 Å². The van der Waals surface area contributed by atoms with E-state index >= 15 is 0 Å². The van der Waals surface area contributed by atoms with Crippen molar-refractivity contribution in [3.8, 4) is 5.88 Å². The molecule has 0 fully saturated rings. The highest BCUT2D eigenvalue weighted by Crippen LogP contribution is 2.20. The summed E-state index contributed by atoms with van der Waals surface area (Å²) in [5.41, 5.74) is 8.23. The van der Waals surface area contributed by atoms with Gasteiger partial charge in [0.05, 0.1) is 7.11 Å². The number of aromatic nitrogens is 1. The molecule has 3 N–H and O–H groups in total. The second-order valence-electron chi connectivity index (χ2n) is 4.56. The Balaban J connectivity index is 2.15. The minimum Gasteiger partial charge on any atom is -0.481 e. The summed E-state index contributed by atoms with van der Waals surface area (Å²) in [6.45, 7) is 0.667. The molecule has 0 unspecified atom stereocenters. The average molecular weight is 286 g/mol. The van der Waals surface area contributed by atoms with Crippen LogP contribution >= 0.6 is 0 Å². The van der Waals surface area contributed by atoms with E-state index in [0.717, 1.165) is 11.3 Å². The molecule has 0 aliphatic rings. The number of amidine groups is 1. The first-order valence-electron chi connectivity index (χ1n) is 6.42. The number of hydrogen-bond donors (Lipinski definition) is 2. The number of hydrogen-bond acceptors (Lipinski definition) is 5. The molecule has 0 atom stereocenters. The van der Waals surface area contributed by atoms with Gasteiger partial charge in [0, 0.05) is 36.6 Å². The lowest BCUT2D eigenvalue weighted by molar-refractivity contribution is 0.318. The Morgan fingerprint density at radius 2 is 2.05 bits per heavy atom. The van der Waals surface area contributed by atoms with Crippen molar-refractivity contribution in [2.75, 3.05) is 19.1 Å². The fourth-order valence-electron chi connectivity index (χ4n) is 2.02. The Labute approximate surface area is 123 Å². The van der Waals surface area contributed by atoms with Crippen molar-refractivity contribution in [3.63, 3.8) is 0 Å². The van der Waals surface area contributed by atoms with Crippen LogP contribution < -0.4 is 15.4 Å². The summed E-state index contributed by atoms with van der Waals surface area (Å²) in [5.74, 6) is 0.718. The van der Waals surface area contributed by atoms with Crippen LogP contribution in [0.4, 0.5) is 5.69 Å². The lowest BCUT2D eigenvalue weighted by Crippen LogP contribution is -2.18. The third-order valence-corrected chi connectivity index (χ3v) is 3.16. The monoisotopic (exact) mass is 286 g/mol. The maximum Gasteiger partial charge on any atom is 0.218 e. The van der Waals surface area contributed by atoms with Gasteiger partial charge >= 0.3 is 0 Å². The number of nitrogens with zero attached hydrogens (tertiary/aromatic N) is 3. The molecule has 0 saturated carbocycles. The summed E-state index contributed by atoms with van der Waals surface area (Å²) in [6, 6.07) is 11.3. The Hall–Kier alpha value is -2.76. The summed E-state index contributed by atoms with van der Waals surface area (Å²) < 4.78 is 5.25. The normalized spacial score (nSPS) is 11.2. The third kappa shape index (κ3) is 3.42. The van der Waals surface area contributed by atoms with E-state index in [9.17, 15) is 0 Å². The van der Waals surface area contributed by atoms with Crippen molar-refractivity contribution in [1.82, 2.24) is 4.98 Å². The first-order valence-corrected chi connectivity index (χ1v) is 6.42. The molecule has 1 heterocycles. The van der Waals surface area contributed by atoms with E-state index in [1.165, 1.54) is 0 Å². The number of benzene rings is 1. The molecule has 6 heteroatoms. The number of nitrogens with two attached hydrogens (primary N) is 1. The molecule has 1 aromatic carbocycles. The quantitative estimate of drug-likeness (QED) is 0.379. The van der Waals surface area contributed by atoms with Crippen LogP contribution in [0.15, 0.2) is 47.8 Å². The molecule has 0 bridgehead atoms. The Morgan fingerprint density at radius 1 is 1.33 bits per heavy atom. The van der Waals surface area contributed by atoms with Gasteiger partial charge in [0.25, 0.3) is 0 Å². The predicted molar refractivity (Wildman–Crippen MR) is 81.8 cm³/mol. The number of ether oxygens (including phenoxy) is 1. The molecule has 0 spiro atoms. The predicted octanol–water partition coefficient (Wildman–Crippen LogP) is 1.82. The van der Waals surface area contributed by atoms with Gasteiger partial charge in [-0.2, -0.15) is 0 Å². The van der Waals surface area contributed by atoms with E-state index in [-0.39, 0.29) is 5.84 Å². The molecule has 0 saturated heterocycles. The van der Waals surface area contributed by atoms with E-state index < -0.39 is 0 Å². The second-order valence-corrected chi connectivity index (χ2v) is 4.56. The molecule has 110 valence electrons. The molecule has 2 rings (SSSR count). The van der Waals surface area contributed by atoms with Gasteiger partial charge in [0.1, 0.15) is 0 Å². The highest BCUT2D eigenvalue weighted by Gasteiger charge is 2.08. The zero-order valence-electron chi connectivity index (χ0n) is 12.0. The van der Waals surface area contributed by atoms with Gasteiger partial charge in [0.2, 0.25) is 5.88 Å². The van der Waals surface area contributed by atoms with Crippen LogP contribution in [-0.4, -0.2) is 30.2 Å². The van der Waals surface area contributed by atoms with Crippen LogP contribution in [0.1, 0.15) is 11.1 Å². The van der Waals surface area contributed by atoms with Crippen molar-refractivity contribution in [2.45, 2.75) is 6.54 Å². The Bertz CT molecular complexity index is 626. The van der Waals surface area contributed by atoms with E-state index in [4.69, 9.17) is 15.7 Å². The number of methoxy groups -OCH3 is 1.